The zero-order chi connectivity index (χ0) is 24.4. The van der Waals surface area contributed by atoms with Crippen LogP contribution in [-0.4, -0.2) is 42.3 Å². The Bertz CT molecular complexity index is 1240. The van der Waals surface area contributed by atoms with Crippen LogP contribution in [0.2, 0.25) is 0 Å². The standard InChI is InChI=1S/C24H29N3O5S/c1-16(29)17-6-8-18(9-7-17)21-22(27(5)25-23(21)32-15-14-28)26-33(30,31)20-12-10-19(11-13-20)24(2,3)4/h6-13,26,28H,14-15H2,1-5H3. The van der Waals surface area contributed by atoms with Gasteiger partial charge in [0.05, 0.1) is 17.1 Å². The first-order valence-corrected chi connectivity index (χ1v) is 12.0. The second-order valence-corrected chi connectivity index (χ2v) is 10.4. The van der Waals surface area contributed by atoms with Gasteiger partial charge in [-0.15, -0.1) is 5.10 Å². The van der Waals surface area contributed by atoms with Gasteiger partial charge in [-0.2, -0.15) is 0 Å². The molecule has 0 spiro atoms. The van der Waals surface area contributed by atoms with Crippen LogP contribution in [0.3, 0.4) is 0 Å². The summed E-state index contributed by atoms with van der Waals surface area (Å²) in [6.45, 7) is 7.42. The third-order valence-corrected chi connectivity index (χ3v) is 6.54. The summed E-state index contributed by atoms with van der Waals surface area (Å²) in [5.41, 5.74) is 2.47. The number of aromatic nitrogens is 2. The fourth-order valence-electron chi connectivity index (χ4n) is 3.31. The summed E-state index contributed by atoms with van der Waals surface area (Å²) in [5.74, 6) is 0.297. The van der Waals surface area contributed by atoms with Gasteiger partial charge in [0.1, 0.15) is 12.4 Å². The Kier molecular flexibility index (Phi) is 6.94. The van der Waals surface area contributed by atoms with Crippen LogP contribution in [0.15, 0.2) is 53.4 Å². The molecule has 0 aliphatic rings. The number of ether oxygens (including phenoxy) is 1. The number of carbonyl (C=O) groups is 1. The van der Waals surface area contributed by atoms with Crippen LogP contribution in [0.25, 0.3) is 11.1 Å². The van der Waals surface area contributed by atoms with E-state index >= 15 is 0 Å². The van der Waals surface area contributed by atoms with Gasteiger partial charge in [-0.05, 0) is 35.6 Å². The molecule has 176 valence electrons. The predicted octanol–water partition coefficient (Wildman–Crippen LogP) is 3.76. The van der Waals surface area contributed by atoms with Gasteiger partial charge in [-0.25, -0.2) is 13.1 Å². The molecular weight excluding hydrogens is 442 g/mol. The summed E-state index contributed by atoms with van der Waals surface area (Å²) in [4.78, 5) is 11.8. The van der Waals surface area contributed by atoms with E-state index in [0.717, 1.165) is 5.56 Å². The van der Waals surface area contributed by atoms with Crippen LogP contribution in [0.5, 0.6) is 5.88 Å². The molecule has 1 heterocycles. The minimum absolute atomic E-state index is 0.00397. The lowest BCUT2D eigenvalue weighted by Crippen LogP contribution is -2.17. The molecule has 3 rings (SSSR count). The first-order chi connectivity index (χ1) is 15.4. The Morgan fingerprint density at radius 3 is 2.21 bits per heavy atom. The summed E-state index contributed by atoms with van der Waals surface area (Å²) >= 11 is 0. The molecule has 0 atom stereocenters. The topological polar surface area (TPSA) is 111 Å². The summed E-state index contributed by atoms with van der Waals surface area (Å²) in [6, 6.07) is 13.5. The minimum Gasteiger partial charge on any atom is -0.474 e. The van der Waals surface area contributed by atoms with Gasteiger partial charge in [0.25, 0.3) is 10.0 Å². The van der Waals surface area contributed by atoms with Gasteiger partial charge in [-0.3, -0.25) is 9.52 Å². The normalized spacial score (nSPS) is 11.9. The molecule has 0 aliphatic heterocycles. The zero-order valence-electron chi connectivity index (χ0n) is 19.4. The monoisotopic (exact) mass is 471 g/mol. The number of aliphatic hydroxyl groups is 1. The highest BCUT2D eigenvalue weighted by Crippen LogP contribution is 2.38. The number of aryl methyl sites for hydroxylation is 1. The van der Waals surface area contributed by atoms with Gasteiger partial charge in [0.15, 0.2) is 5.78 Å². The first kappa shape index (κ1) is 24.5. The lowest BCUT2D eigenvalue weighted by Gasteiger charge is -2.19. The number of anilines is 1. The maximum absolute atomic E-state index is 13.2. The van der Waals surface area contributed by atoms with E-state index in [-0.39, 0.29) is 41.0 Å². The molecule has 0 saturated carbocycles. The molecule has 0 radical (unpaired) electrons. The maximum Gasteiger partial charge on any atom is 0.263 e. The smallest absolute Gasteiger partial charge is 0.263 e. The molecule has 0 amide bonds. The lowest BCUT2D eigenvalue weighted by atomic mass is 9.87. The average molecular weight is 472 g/mol. The second-order valence-electron chi connectivity index (χ2n) is 8.74. The van der Waals surface area contributed by atoms with E-state index in [0.29, 0.717) is 16.7 Å². The number of Topliss-reactive ketones (excluding diaryl/α,β-unsaturated/α-hetero) is 1. The number of sulfonamides is 1. The van der Waals surface area contributed by atoms with Crippen LogP contribution in [0, 0.1) is 0 Å². The van der Waals surface area contributed by atoms with E-state index in [1.807, 2.05) is 0 Å². The molecule has 0 unspecified atom stereocenters. The van der Waals surface area contributed by atoms with Crippen molar-refractivity contribution in [2.75, 3.05) is 17.9 Å². The molecule has 0 aliphatic carbocycles. The van der Waals surface area contributed by atoms with Crippen LogP contribution in [-0.2, 0) is 22.5 Å². The van der Waals surface area contributed by atoms with Gasteiger partial charge in [0.2, 0.25) is 5.88 Å². The highest BCUT2D eigenvalue weighted by atomic mass is 32.2. The molecule has 8 nitrogen and oxygen atoms in total. The Hall–Kier alpha value is -3.17. The first-order valence-electron chi connectivity index (χ1n) is 10.5. The zero-order valence-corrected chi connectivity index (χ0v) is 20.2. The third-order valence-electron chi connectivity index (χ3n) is 5.19. The van der Waals surface area contributed by atoms with Gasteiger partial charge in [-0.1, -0.05) is 57.2 Å². The van der Waals surface area contributed by atoms with Crippen molar-refractivity contribution < 1.29 is 23.1 Å². The number of nitrogens with zero attached hydrogens (tertiary/aromatic N) is 2. The molecule has 33 heavy (non-hydrogen) atoms. The van der Waals surface area contributed by atoms with Crippen molar-refractivity contribution in [1.82, 2.24) is 9.78 Å². The van der Waals surface area contributed by atoms with Crippen LogP contribution in [0.4, 0.5) is 5.82 Å². The number of benzene rings is 2. The Balaban J connectivity index is 2.04. The van der Waals surface area contributed by atoms with Crippen LogP contribution < -0.4 is 9.46 Å². The van der Waals surface area contributed by atoms with E-state index < -0.39 is 10.0 Å². The van der Waals surface area contributed by atoms with Crippen molar-refractivity contribution >= 4 is 21.6 Å². The Labute approximate surface area is 194 Å². The van der Waals surface area contributed by atoms with Crippen molar-refractivity contribution in [3.63, 3.8) is 0 Å². The third kappa shape index (κ3) is 5.43. The number of ketones is 1. The molecular formula is C24H29N3O5S. The lowest BCUT2D eigenvalue weighted by molar-refractivity contribution is 0.101. The fraction of sp³-hybridized carbons (Fsp3) is 0.333. The van der Waals surface area contributed by atoms with Crippen molar-refractivity contribution in [2.45, 2.75) is 38.0 Å². The second kappa shape index (κ2) is 9.36. The quantitative estimate of drug-likeness (QED) is 0.484. The molecule has 3 aromatic rings. The molecule has 0 saturated heterocycles. The minimum atomic E-state index is -3.93. The molecule has 2 aromatic carbocycles. The number of hydrogen-bond donors (Lipinski definition) is 2. The van der Waals surface area contributed by atoms with E-state index in [9.17, 15) is 13.2 Å². The number of aliphatic hydroxyl groups excluding tert-OH is 1. The summed E-state index contributed by atoms with van der Waals surface area (Å²) in [5, 5.41) is 13.5. The van der Waals surface area contributed by atoms with Crippen molar-refractivity contribution in [2.24, 2.45) is 7.05 Å². The van der Waals surface area contributed by atoms with Crippen LogP contribution >= 0.6 is 0 Å². The summed E-state index contributed by atoms with van der Waals surface area (Å²) in [6.07, 6.45) is 0. The number of nitrogens with one attached hydrogen (secondary N) is 1. The van der Waals surface area contributed by atoms with E-state index in [4.69, 9.17) is 9.84 Å². The number of carbonyl (C=O) groups excluding carboxylic acids is 1. The summed E-state index contributed by atoms with van der Waals surface area (Å²) < 4.78 is 35.9. The largest absolute Gasteiger partial charge is 0.474 e. The number of hydrogen-bond acceptors (Lipinski definition) is 6. The average Bonchev–Trinajstić information content (AvgIpc) is 3.06. The van der Waals surface area contributed by atoms with E-state index in [1.165, 1.54) is 11.6 Å². The van der Waals surface area contributed by atoms with E-state index in [1.54, 1.807) is 55.6 Å². The van der Waals surface area contributed by atoms with Crippen molar-refractivity contribution in [1.29, 1.82) is 0 Å². The summed E-state index contributed by atoms with van der Waals surface area (Å²) in [7, 11) is -2.33. The SMILES string of the molecule is CC(=O)c1ccc(-c2c(OCCO)nn(C)c2NS(=O)(=O)c2ccc(C(C)(C)C)cc2)cc1. The molecule has 2 N–H and O–H groups in total. The van der Waals surface area contributed by atoms with Gasteiger partial charge < -0.3 is 9.84 Å². The molecule has 1 aromatic heterocycles. The van der Waals surface area contributed by atoms with E-state index in [2.05, 4.69) is 30.6 Å². The predicted molar refractivity (Wildman–Crippen MR) is 127 cm³/mol. The van der Waals surface area contributed by atoms with Gasteiger partial charge in [0, 0.05) is 12.6 Å². The van der Waals surface area contributed by atoms with Crippen molar-refractivity contribution in [3.05, 3.63) is 59.7 Å². The fourth-order valence-corrected chi connectivity index (χ4v) is 4.41. The molecule has 0 bridgehead atoms. The van der Waals surface area contributed by atoms with Crippen molar-refractivity contribution in [3.8, 4) is 17.0 Å². The molecule has 0 fully saturated rings. The maximum atomic E-state index is 13.2. The molecule has 9 heteroatoms. The Morgan fingerprint density at radius 1 is 1.09 bits per heavy atom. The highest BCUT2D eigenvalue weighted by Gasteiger charge is 2.25. The Morgan fingerprint density at radius 2 is 1.70 bits per heavy atom. The van der Waals surface area contributed by atoms with Crippen LogP contribution in [0.1, 0.15) is 43.6 Å². The number of rotatable bonds is 8. The highest BCUT2D eigenvalue weighted by molar-refractivity contribution is 7.92. The van der Waals surface area contributed by atoms with Gasteiger partial charge >= 0.3 is 0 Å².